The zero-order valence-electron chi connectivity index (χ0n) is 25.8. The van der Waals surface area contributed by atoms with Crippen LogP contribution < -0.4 is 0 Å². The van der Waals surface area contributed by atoms with Crippen molar-refractivity contribution in [2.75, 3.05) is 45.9 Å². The number of esters is 1. The summed E-state index contributed by atoms with van der Waals surface area (Å²) in [5.41, 5.74) is 3.79. The van der Waals surface area contributed by atoms with Gasteiger partial charge in [0.15, 0.2) is 0 Å². The number of rotatable bonds is 12. The maximum Gasteiger partial charge on any atom is 0.338 e. The number of carbonyl (C=O) groups is 1. The van der Waals surface area contributed by atoms with E-state index < -0.39 is 5.60 Å². The number of carbonyl (C=O) groups excluding carboxylic acids is 1. The molecule has 7 nitrogen and oxygen atoms in total. The molecule has 1 N–H and O–H groups in total. The van der Waals surface area contributed by atoms with Gasteiger partial charge in [-0.1, -0.05) is 36.4 Å². The van der Waals surface area contributed by atoms with Gasteiger partial charge in [-0.3, -0.25) is 9.80 Å². The molecule has 2 fully saturated rings. The zero-order chi connectivity index (χ0) is 29.4. The molecule has 2 saturated heterocycles. The molecular weight excluding hydrogens is 514 g/mol. The first kappa shape index (κ1) is 31.6. The maximum atomic E-state index is 11.9. The molecule has 2 atom stereocenters. The average Bonchev–Trinajstić information content (AvgIpc) is 2.92. The molecule has 226 valence electrons. The summed E-state index contributed by atoms with van der Waals surface area (Å²) in [6.07, 6.45) is 2.27. The van der Waals surface area contributed by atoms with Crippen LogP contribution >= 0.6 is 0 Å². The van der Waals surface area contributed by atoms with Crippen molar-refractivity contribution in [2.24, 2.45) is 5.92 Å². The fourth-order valence-corrected chi connectivity index (χ4v) is 6.36. The molecule has 2 heterocycles. The van der Waals surface area contributed by atoms with Crippen LogP contribution in [0.5, 0.6) is 0 Å². The van der Waals surface area contributed by atoms with E-state index in [2.05, 4.69) is 52.8 Å². The highest BCUT2D eigenvalue weighted by molar-refractivity contribution is 5.89. The van der Waals surface area contributed by atoms with Crippen LogP contribution in [0, 0.1) is 5.92 Å². The fourth-order valence-electron chi connectivity index (χ4n) is 6.36. The van der Waals surface area contributed by atoms with Gasteiger partial charge in [0.05, 0.1) is 24.4 Å². The van der Waals surface area contributed by atoms with E-state index in [0.717, 1.165) is 65.3 Å². The van der Waals surface area contributed by atoms with Crippen molar-refractivity contribution in [3.63, 3.8) is 0 Å². The highest BCUT2D eigenvalue weighted by Gasteiger charge is 2.29. The molecule has 41 heavy (non-hydrogen) atoms. The molecule has 7 heteroatoms. The second kappa shape index (κ2) is 14.7. The van der Waals surface area contributed by atoms with E-state index in [-0.39, 0.29) is 5.97 Å². The summed E-state index contributed by atoms with van der Waals surface area (Å²) < 4.78 is 11.3. The second-order valence-corrected chi connectivity index (χ2v) is 12.8. The summed E-state index contributed by atoms with van der Waals surface area (Å²) in [6.45, 7) is 18.8. The van der Waals surface area contributed by atoms with Crippen LogP contribution in [0.1, 0.15) is 74.5 Å². The Hall–Kier alpha value is -2.29. The number of ether oxygens (including phenoxy) is 2. The van der Waals surface area contributed by atoms with Crippen molar-refractivity contribution < 1.29 is 19.4 Å². The van der Waals surface area contributed by atoms with E-state index in [9.17, 15) is 9.90 Å². The Balaban J connectivity index is 1.21. The molecule has 0 aliphatic carbocycles. The summed E-state index contributed by atoms with van der Waals surface area (Å²) in [7, 11) is 0. The minimum Gasteiger partial charge on any atom is -0.462 e. The minimum atomic E-state index is -0.627. The number of likely N-dealkylation sites (tertiary alicyclic amines) is 1. The highest BCUT2D eigenvalue weighted by Crippen LogP contribution is 2.23. The summed E-state index contributed by atoms with van der Waals surface area (Å²) in [6, 6.07) is 17.6. The lowest BCUT2D eigenvalue weighted by molar-refractivity contribution is 0.0111. The monoisotopic (exact) mass is 565 g/mol. The Kier molecular flexibility index (Phi) is 11.4. The van der Waals surface area contributed by atoms with Gasteiger partial charge in [-0.15, -0.1) is 0 Å². The topological polar surface area (TPSA) is 65.5 Å². The number of piperazine rings is 1. The lowest BCUT2D eigenvalue weighted by Gasteiger charge is -2.44. The largest absolute Gasteiger partial charge is 0.462 e. The number of piperidine rings is 1. The maximum absolute atomic E-state index is 11.9. The van der Waals surface area contributed by atoms with Crippen molar-refractivity contribution in [1.29, 1.82) is 0 Å². The van der Waals surface area contributed by atoms with Gasteiger partial charge in [0, 0.05) is 51.4 Å². The third kappa shape index (κ3) is 9.90. The Bertz CT molecular complexity index is 1080. The predicted molar refractivity (Wildman–Crippen MR) is 164 cm³/mol. The number of hydrogen-bond donors (Lipinski definition) is 1. The first-order valence-electron chi connectivity index (χ1n) is 15.4. The lowest BCUT2D eigenvalue weighted by atomic mass is 9.96. The van der Waals surface area contributed by atoms with Gasteiger partial charge in [0.2, 0.25) is 0 Å². The summed E-state index contributed by atoms with van der Waals surface area (Å²) >= 11 is 0. The standard InChI is InChI=1S/C34H51N3O4/c1-6-41-33(38)32-12-10-28(11-13-32)21-36-19-26(2)37(27(3)20-36)22-30-8-7-9-31(18-30)24-40-23-29-14-16-35(17-15-29)25-34(4,5)39/h7-13,18,26-27,29,39H,6,14-17,19-25H2,1-5H3/t26-,27+. The first-order chi connectivity index (χ1) is 19.6. The Morgan fingerprint density at radius 3 is 2.22 bits per heavy atom. The van der Waals surface area contributed by atoms with Gasteiger partial charge in [-0.25, -0.2) is 4.79 Å². The van der Waals surface area contributed by atoms with E-state index in [4.69, 9.17) is 9.47 Å². The number of benzene rings is 2. The molecule has 0 bridgehead atoms. The summed E-state index contributed by atoms with van der Waals surface area (Å²) in [5.74, 6) is 0.343. The molecule has 2 aliphatic heterocycles. The smallest absolute Gasteiger partial charge is 0.338 e. The molecule has 0 amide bonds. The van der Waals surface area contributed by atoms with Crippen molar-refractivity contribution in [1.82, 2.24) is 14.7 Å². The third-order valence-corrected chi connectivity index (χ3v) is 8.34. The average molecular weight is 566 g/mol. The minimum absolute atomic E-state index is 0.259. The van der Waals surface area contributed by atoms with E-state index in [0.29, 0.717) is 36.8 Å². The second-order valence-electron chi connectivity index (χ2n) is 12.8. The fraction of sp³-hybridized carbons (Fsp3) is 0.618. The quantitative estimate of drug-likeness (QED) is 0.365. The van der Waals surface area contributed by atoms with Crippen molar-refractivity contribution in [3.05, 3.63) is 70.8 Å². The summed E-state index contributed by atoms with van der Waals surface area (Å²) in [5, 5.41) is 10.1. The van der Waals surface area contributed by atoms with Crippen LogP contribution in [0.15, 0.2) is 48.5 Å². The molecule has 2 aliphatic rings. The van der Waals surface area contributed by atoms with Crippen molar-refractivity contribution >= 4 is 5.97 Å². The molecule has 0 spiro atoms. The van der Waals surface area contributed by atoms with Crippen molar-refractivity contribution in [2.45, 2.75) is 84.8 Å². The van der Waals surface area contributed by atoms with Crippen molar-refractivity contribution in [3.8, 4) is 0 Å². The number of β-amino-alcohol motifs (C(OH)–C–C–N with tert-alkyl or cyclic N) is 1. The molecule has 2 aromatic carbocycles. The van der Waals surface area contributed by atoms with Crippen LogP contribution in [0.2, 0.25) is 0 Å². The molecule has 0 unspecified atom stereocenters. The van der Waals surface area contributed by atoms with E-state index in [1.54, 1.807) is 0 Å². The number of nitrogens with zero attached hydrogens (tertiary/aromatic N) is 3. The molecule has 0 radical (unpaired) electrons. The van der Waals surface area contributed by atoms with E-state index in [1.807, 2.05) is 45.0 Å². The van der Waals surface area contributed by atoms with E-state index in [1.165, 1.54) is 16.7 Å². The molecule has 0 saturated carbocycles. The Labute approximate surface area is 247 Å². The lowest BCUT2D eigenvalue weighted by Crippen LogP contribution is -2.55. The van der Waals surface area contributed by atoms with Crippen LogP contribution in [0.3, 0.4) is 0 Å². The molecule has 4 rings (SSSR count). The normalized spacial score (nSPS) is 21.7. The molecule has 2 aromatic rings. The number of hydrogen-bond acceptors (Lipinski definition) is 7. The molecule has 0 aromatic heterocycles. The van der Waals surface area contributed by atoms with Gasteiger partial charge < -0.3 is 19.5 Å². The zero-order valence-corrected chi connectivity index (χ0v) is 25.8. The van der Waals surface area contributed by atoms with Crippen LogP contribution in [0.25, 0.3) is 0 Å². The van der Waals surface area contributed by atoms with Crippen LogP contribution in [-0.4, -0.2) is 89.4 Å². The third-order valence-electron chi connectivity index (χ3n) is 8.34. The number of aliphatic hydroxyl groups is 1. The van der Waals surface area contributed by atoms with Crippen LogP contribution in [0.4, 0.5) is 0 Å². The predicted octanol–water partition coefficient (Wildman–Crippen LogP) is 4.96. The summed E-state index contributed by atoms with van der Waals surface area (Å²) in [4.78, 5) is 19.4. The highest BCUT2D eigenvalue weighted by atomic mass is 16.5. The van der Waals surface area contributed by atoms with Crippen LogP contribution in [-0.2, 0) is 29.2 Å². The van der Waals surface area contributed by atoms with Gasteiger partial charge in [-0.05, 0) is 95.3 Å². The Morgan fingerprint density at radius 1 is 0.927 bits per heavy atom. The van der Waals surface area contributed by atoms with Gasteiger partial charge >= 0.3 is 5.97 Å². The van der Waals surface area contributed by atoms with E-state index >= 15 is 0 Å². The SMILES string of the molecule is CCOC(=O)c1ccc(CN2C[C@@H](C)N(Cc3cccc(COCC4CCN(CC(C)(C)O)CC4)c3)[C@@H](C)C2)cc1. The van der Waals surface area contributed by atoms with Gasteiger partial charge in [0.25, 0.3) is 0 Å². The molecular formula is C34H51N3O4. The van der Waals surface area contributed by atoms with Gasteiger partial charge in [-0.2, -0.15) is 0 Å². The van der Waals surface area contributed by atoms with Gasteiger partial charge in [0.1, 0.15) is 0 Å². The Morgan fingerprint density at radius 2 is 1.59 bits per heavy atom. The first-order valence-corrected chi connectivity index (χ1v) is 15.4.